The number of halogens is 1. The highest BCUT2D eigenvalue weighted by atomic mass is 35.5. The maximum atomic E-state index is 8.72. The summed E-state index contributed by atoms with van der Waals surface area (Å²) in [5.41, 5.74) is 1.11. The van der Waals surface area contributed by atoms with E-state index in [1.807, 2.05) is 36.4 Å². The molecule has 0 radical (unpaired) electrons. The smallest absolute Gasteiger partial charge is 0.127 e. The Morgan fingerprint density at radius 2 is 1.84 bits per heavy atom. The Morgan fingerprint density at radius 3 is 2.58 bits per heavy atom. The van der Waals surface area contributed by atoms with E-state index >= 15 is 0 Å². The summed E-state index contributed by atoms with van der Waals surface area (Å²) in [7, 11) is 0. The number of rotatable bonds is 6. The Balaban J connectivity index is 2.00. The second-order valence-electron chi connectivity index (χ2n) is 4.10. The van der Waals surface area contributed by atoms with Crippen LogP contribution < -0.4 is 10.1 Å². The highest BCUT2D eigenvalue weighted by molar-refractivity contribution is 6.30. The van der Waals surface area contributed by atoms with Gasteiger partial charge in [-0.05, 0) is 42.0 Å². The largest absolute Gasteiger partial charge is 0.457 e. The van der Waals surface area contributed by atoms with Crippen molar-refractivity contribution in [3.63, 3.8) is 0 Å². The third-order valence-electron chi connectivity index (χ3n) is 2.57. The summed E-state index contributed by atoms with van der Waals surface area (Å²) >= 11 is 5.83. The van der Waals surface area contributed by atoms with Crippen molar-refractivity contribution in [2.24, 2.45) is 0 Å². The maximum Gasteiger partial charge on any atom is 0.127 e. The molecule has 0 aromatic heterocycles. The molecule has 100 valence electrons. The standard InChI is InChI=1S/C15H16ClNO2/c16-13-4-6-14(7-5-13)19-15-3-1-2-12(10-15)11-17-8-9-18/h1-7,10,17-18H,8-9,11H2. The minimum Gasteiger partial charge on any atom is -0.457 e. The number of aliphatic hydroxyl groups excluding tert-OH is 1. The quantitative estimate of drug-likeness (QED) is 0.797. The van der Waals surface area contributed by atoms with Gasteiger partial charge in [0, 0.05) is 18.1 Å². The van der Waals surface area contributed by atoms with Crippen molar-refractivity contribution in [2.45, 2.75) is 6.54 Å². The third kappa shape index (κ3) is 4.56. The first kappa shape index (κ1) is 13.9. The topological polar surface area (TPSA) is 41.5 Å². The second kappa shape index (κ2) is 7.14. The second-order valence-corrected chi connectivity index (χ2v) is 4.54. The Bertz CT molecular complexity index is 514. The van der Waals surface area contributed by atoms with Gasteiger partial charge in [-0.3, -0.25) is 0 Å². The lowest BCUT2D eigenvalue weighted by Gasteiger charge is -2.08. The summed E-state index contributed by atoms with van der Waals surface area (Å²) in [5.74, 6) is 1.54. The average Bonchev–Trinajstić information content (AvgIpc) is 2.42. The molecule has 0 unspecified atom stereocenters. The van der Waals surface area contributed by atoms with Gasteiger partial charge < -0.3 is 15.2 Å². The van der Waals surface area contributed by atoms with Gasteiger partial charge in [-0.2, -0.15) is 0 Å². The van der Waals surface area contributed by atoms with Crippen LogP contribution in [0.3, 0.4) is 0 Å². The van der Waals surface area contributed by atoms with Crippen LogP contribution in [-0.4, -0.2) is 18.3 Å². The summed E-state index contributed by atoms with van der Waals surface area (Å²) in [6.45, 7) is 1.43. The number of hydrogen-bond acceptors (Lipinski definition) is 3. The van der Waals surface area contributed by atoms with Gasteiger partial charge in [0.2, 0.25) is 0 Å². The summed E-state index contributed by atoms with van der Waals surface area (Å²) in [5, 5.41) is 12.5. The Kier molecular flexibility index (Phi) is 5.21. The van der Waals surface area contributed by atoms with E-state index in [1.165, 1.54) is 0 Å². The molecule has 0 spiro atoms. The molecule has 0 saturated carbocycles. The molecule has 2 rings (SSSR count). The Morgan fingerprint density at radius 1 is 1.05 bits per heavy atom. The van der Waals surface area contributed by atoms with Crippen LogP contribution in [0.15, 0.2) is 48.5 Å². The Hall–Kier alpha value is -1.55. The molecular formula is C15H16ClNO2. The summed E-state index contributed by atoms with van der Waals surface area (Å²) in [6, 6.07) is 15.1. The van der Waals surface area contributed by atoms with Crippen LogP contribution in [0.25, 0.3) is 0 Å². The van der Waals surface area contributed by atoms with E-state index in [2.05, 4.69) is 5.32 Å². The molecule has 0 aliphatic carbocycles. The zero-order chi connectivity index (χ0) is 13.5. The van der Waals surface area contributed by atoms with E-state index in [1.54, 1.807) is 12.1 Å². The summed E-state index contributed by atoms with van der Waals surface area (Å²) < 4.78 is 5.74. The Labute approximate surface area is 117 Å². The summed E-state index contributed by atoms with van der Waals surface area (Å²) in [6.07, 6.45) is 0. The van der Waals surface area contributed by atoms with Crippen molar-refractivity contribution in [3.8, 4) is 11.5 Å². The highest BCUT2D eigenvalue weighted by Gasteiger charge is 1.99. The average molecular weight is 278 g/mol. The first-order chi connectivity index (χ1) is 9.28. The molecule has 0 aliphatic heterocycles. The molecule has 0 aliphatic rings. The van der Waals surface area contributed by atoms with Crippen LogP contribution in [0, 0.1) is 0 Å². The molecule has 4 heteroatoms. The van der Waals surface area contributed by atoms with Crippen LogP contribution in [0.5, 0.6) is 11.5 Å². The van der Waals surface area contributed by atoms with Gasteiger partial charge in [-0.25, -0.2) is 0 Å². The lowest BCUT2D eigenvalue weighted by Crippen LogP contribution is -2.17. The fourth-order valence-electron chi connectivity index (χ4n) is 1.67. The normalized spacial score (nSPS) is 10.4. The van der Waals surface area contributed by atoms with Crippen molar-refractivity contribution in [1.82, 2.24) is 5.32 Å². The van der Waals surface area contributed by atoms with Gasteiger partial charge in [0.25, 0.3) is 0 Å². The highest BCUT2D eigenvalue weighted by Crippen LogP contribution is 2.23. The van der Waals surface area contributed by atoms with Gasteiger partial charge in [0.05, 0.1) is 6.61 Å². The molecule has 0 amide bonds. The summed E-state index contributed by atoms with van der Waals surface area (Å²) in [4.78, 5) is 0. The zero-order valence-corrected chi connectivity index (χ0v) is 11.2. The molecule has 0 bridgehead atoms. The van der Waals surface area contributed by atoms with Gasteiger partial charge in [-0.1, -0.05) is 23.7 Å². The van der Waals surface area contributed by atoms with Gasteiger partial charge in [0.15, 0.2) is 0 Å². The number of ether oxygens (including phenoxy) is 1. The van der Waals surface area contributed by atoms with E-state index in [-0.39, 0.29) is 6.61 Å². The van der Waals surface area contributed by atoms with E-state index in [0.717, 1.165) is 17.1 Å². The number of aliphatic hydroxyl groups is 1. The molecule has 0 heterocycles. The minimum atomic E-state index is 0.140. The van der Waals surface area contributed by atoms with Crippen molar-refractivity contribution < 1.29 is 9.84 Å². The SMILES string of the molecule is OCCNCc1cccc(Oc2ccc(Cl)cc2)c1. The first-order valence-electron chi connectivity index (χ1n) is 6.12. The van der Waals surface area contributed by atoms with Crippen LogP contribution in [0.4, 0.5) is 0 Å². The van der Waals surface area contributed by atoms with Crippen LogP contribution in [0.1, 0.15) is 5.56 Å². The maximum absolute atomic E-state index is 8.72. The molecule has 2 aromatic rings. The monoisotopic (exact) mass is 277 g/mol. The lowest BCUT2D eigenvalue weighted by molar-refractivity contribution is 0.292. The predicted molar refractivity (Wildman–Crippen MR) is 76.8 cm³/mol. The number of nitrogens with one attached hydrogen (secondary N) is 1. The van der Waals surface area contributed by atoms with Crippen molar-refractivity contribution in [3.05, 3.63) is 59.1 Å². The fraction of sp³-hybridized carbons (Fsp3) is 0.200. The molecule has 2 aromatic carbocycles. The van der Waals surface area contributed by atoms with E-state index in [9.17, 15) is 0 Å². The zero-order valence-electron chi connectivity index (χ0n) is 10.5. The number of hydrogen-bond donors (Lipinski definition) is 2. The molecule has 0 saturated heterocycles. The molecule has 19 heavy (non-hydrogen) atoms. The first-order valence-corrected chi connectivity index (χ1v) is 6.49. The van der Waals surface area contributed by atoms with Gasteiger partial charge in [0.1, 0.15) is 11.5 Å². The van der Waals surface area contributed by atoms with Gasteiger partial charge >= 0.3 is 0 Å². The van der Waals surface area contributed by atoms with Crippen molar-refractivity contribution in [2.75, 3.05) is 13.2 Å². The van der Waals surface area contributed by atoms with Gasteiger partial charge in [-0.15, -0.1) is 0 Å². The van der Waals surface area contributed by atoms with E-state index in [4.69, 9.17) is 21.4 Å². The molecular weight excluding hydrogens is 262 g/mol. The molecule has 3 nitrogen and oxygen atoms in total. The van der Waals surface area contributed by atoms with E-state index < -0.39 is 0 Å². The predicted octanol–water partition coefficient (Wildman–Crippen LogP) is 3.21. The van der Waals surface area contributed by atoms with E-state index in [0.29, 0.717) is 18.1 Å². The van der Waals surface area contributed by atoms with Crippen LogP contribution in [0.2, 0.25) is 5.02 Å². The van der Waals surface area contributed by atoms with Crippen molar-refractivity contribution in [1.29, 1.82) is 0 Å². The van der Waals surface area contributed by atoms with Crippen LogP contribution >= 0.6 is 11.6 Å². The van der Waals surface area contributed by atoms with Crippen LogP contribution in [-0.2, 0) is 6.54 Å². The fourth-order valence-corrected chi connectivity index (χ4v) is 1.80. The molecule has 0 fully saturated rings. The molecule has 0 atom stereocenters. The lowest BCUT2D eigenvalue weighted by atomic mass is 10.2. The van der Waals surface area contributed by atoms with Crippen molar-refractivity contribution >= 4 is 11.6 Å². The molecule has 2 N–H and O–H groups in total. The third-order valence-corrected chi connectivity index (χ3v) is 2.82. The number of benzene rings is 2. The minimum absolute atomic E-state index is 0.140.